The minimum Gasteiger partial charge on any atom is -0.334 e. The number of carbonyl (C=O) groups excluding carboxylic acids is 1. The molecule has 2 aromatic rings. The van der Waals surface area contributed by atoms with Crippen molar-refractivity contribution in [2.45, 2.75) is 13.5 Å². The van der Waals surface area contributed by atoms with Gasteiger partial charge in [-0.1, -0.05) is 0 Å². The zero-order chi connectivity index (χ0) is 14.0. The van der Waals surface area contributed by atoms with Crippen LogP contribution in [0.4, 0.5) is 8.78 Å². The Balaban J connectivity index is 2.16. The molecule has 100 valence electrons. The van der Waals surface area contributed by atoms with Crippen LogP contribution in [0.5, 0.6) is 0 Å². The molecule has 0 bridgehead atoms. The largest absolute Gasteiger partial charge is 0.334 e. The summed E-state index contributed by atoms with van der Waals surface area (Å²) in [5.74, 6) is -1.02. The van der Waals surface area contributed by atoms with Crippen LogP contribution in [-0.4, -0.2) is 33.0 Å². The quantitative estimate of drug-likeness (QED) is 0.919. The third-order valence-corrected chi connectivity index (χ3v) is 2.53. The fourth-order valence-electron chi connectivity index (χ4n) is 1.61. The fourth-order valence-corrected chi connectivity index (χ4v) is 1.61. The predicted octanol–water partition coefficient (Wildman–Crippen LogP) is 1.66. The molecule has 2 rings (SSSR count). The number of carbonyl (C=O) groups is 1. The number of aromatic nitrogens is 3. The number of nitrogens with one attached hydrogen (secondary N) is 1. The lowest BCUT2D eigenvalue weighted by atomic mass is 10.2. The van der Waals surface area contributed by atoms with Gasteiger partial charge in [-0.3, -0.25) is 9.89 Å². The number of rotatable bonds is 3. The monoisotopic (exact) mass is 266 g/mol. The smallest absolute Gasteiger partial charge is 0.257 e. The maximum Gasteiger partial charge on any atom is 0.257 e. The van der Waals surface area contributed by atoms with Gasteiger partial charge in [-0.25, -0.2) is 13.8 Å². The highest BCUT2D eigenvalue weighted by Crippen LogP contribution is 2.12. The molecular weight excluding hydrogens is 254 g/mol. The molecule has 0 radical (unpaired) electrons. The maximum atomic E-state index is 13.5. The minimum atomic E-state index is -0.760. The third-order valence-electron chi connectivity index (χ3n) is 2.53. The van der Waals surface area contributed by atoms with Crippen LogP contribution in [0, 0.1) is 18.6 Å². The first-order chi connectivity index (χ1) is 8.97. The van der Waals surface area contributed by atoms with Gasteiger partial charge in [0.05, 0.1) is 12.1 Å². The highest BCUT2D eigenvalue weighted by Gasteiger charge is 2.18. The number of aromatic amines is 1. The van der Waals surface area contributed by atoms with Gasteiger partial charge in [-0.05, 0) is 25.1 Å². The van der Waals surface area contributed by atoms with Gasteiger partial charge in [0.25, 0.3) is 5.91 Å². The van der Waals surface area contributed by atoms with Crippen molar-refractivity contribution in [3.63, 3.8) is 0 Å². The molecule has 1 amide bonds. The molecule has 0 aliphatic carbocycles. The Labute approximate surface area is 108 Å². The minimum absolute atomic E-state index is 0.110. The predicted molar refractivity (Wildman–Crippen MR) is 63.3 cm³/mol. The van der Waals surface area contributed by atoms with Gasteiger partial charge in [0.2, 0.25) is 0 Å². The normalized spacial score (nSPS) is 10.5. The number of amides is 1. The summed E-state index contributed by atoms with van der Waals surface area (Å²) < 4.78 is 26.5. The molecule has 1 aromatic heterocycles. The number of aryl methyl sites for hydroxylation is 1. The van der Waals surface area contributed by atoms with Gasteiger partial charge < -0.3 is 4.90 Å². The van der Waals surface area contributed by atoms with Crippen molar-refractivity contribution in [3.8, 4) is 0 Å². The lowest BCUT2D eigenvalue weighted by Crippen LogP contribution is -2.27. The van der Waals surface area contributed by atoms with Crippen molar-refractivity contribution in [1.29, 1.82) is 0 Å². The lowest BCUT2D eigenvalue weighted by molar-refractivity contribution is 0.0776. The van der Waals surface area contributed by atoms with E-state index in [2.05, 4.69) is 15.2 Å². The second kappa shape index (κ2) is 5.13. The Morgan fingerprint density at radius 3 is 2.79 bits per heavy atom. The van der Waals surface area contributed by atoms with Crippen LogP contribution in [0.2, 0.25) is 0 Å². The van der Waals surface area contributed by atoms with Crippen LogP contribution < -0.4 is 0 Å². The van der Waals surface area contributed by atoms with Crippen molar-refractivity contribution in [1.82, 2.24) is 20.1 Å². The standard InChI is InChI=1S/C12H12F2N4O/c1-7-15-11(17-16-7)6-18(2)12(19)9-5-8(13)3-4-10(9)14/h3-5H,6H2,1-2H3,(H,15,16,17). The summed E-state index contributed by atoms with van der Waals surface area (Å²) in [5.41, 5.74) is -0.310. The molecular formula is C12H12F2N4O. The van der Waals surface area contributed by atoms with E-state index < -0.39 is 17.5 Å². The summed E-state index contributed by atoms with van der Waals surface area (Å²) >= 11 is 0. The van der Waals surface area contributed by atoms with Gasteiger partial charge >= 0.3 is 0 Å². The van der Waals surface area contributed by atoms with Crippen LogP contribution in [0.1, 0.15) is 22.0 Å². The first-order valence-electron chi connectivity index (χ1n) is 5.56. The average molecular weight is 266 g/mol. The summed E-state index contributed by atoms with van der Waals surface area (Å²) in [6.45, 7) is 1.84. The molecule has 1 N–H and O–H groups in total. The lowest BCUT2D eigenvalue weighted by Gasteiger charge is -2.15. The van der Waals surface area contributed by atoms with E-state index in [1.54, 1.807) is 6.92 Å². The molecule has 0 aliphatic rings. The molecule has 0 saturated carbocycles. The van der Waals surface area contributed by atoms with Gasteiger partial charge in [-0.15, -0.1) is 0 Å². The van der Waals surface area contributed by atoms with Gasteiger partial charge in [0, 0.05) is 7.05 Å². The third kappa shape index (κ3) is 2.93. The number of hydrogen-bond donors (Lipinski definition) is 1. The summed E-state index contributed by atoms with van der Waals surface area (Å²) in [6, 6.07) is 2.76. The second-order valence-corrected chi connectivity index (χ2v) is 4.12. The molecule has 0 aliphatic heterocycles. The topological polar surface area (TPSA) is 61.9 Å². The molecule has 19 heavy (non-hydrogen) atoms. The van der Waals surface area contributed by atoms with Crippen LogP contribution in [-0.2, 0) is 6.54 Å². The van der Waals surface area contributed by atoms with E-state index in [0.29, 0.717) is 11.6 Å². The van der Waals surface area contributed by atoms with E-state index in [9.17, 15) is 13.6 Å². The molecule has 0 fully saturated rings. The Morgan fingerprint density at radius 2 is 2.16 bits per heavy atom. The molecule has 0 saturated heterocycles. The zero-order valence-corrected chi connectivity index (χ0v) is 10.4. The highest BCUT2D eigenvalue weighted by atomic mass is 19.1. The summed E-state index contributed by atoms with van der Waals surface area (Å²) in [4.78, 5) is 17.2. The zero-order valence-electron chi connectivity index (χ0n) is 10.4. The van der Waals surface area contributed by atoms with Crippen molar-refractivity contribution in [2.24, 2.45) is 0 Å². The first kappa shape index (κ1) is 13.1. The Morgan fingerprint density at radius 1 is 1.42 bits per heavy atom. The number of nitrogens with zero attached hydrogens (tertiary/aromatic N) is 3. The van der Waals surface area contributed by atoms with E-state index in [1.807, 2.05) is 0 Å². The van der Waals surface area contributed by atoms with E-state index in [1.165, 1.54) is 11.9 Å². The number of halogens is 2. The molecule has 0 spiro atoms. The molecule has 1 aromatic carbocycles. The Hall–Kier alpha value is -2.31. The molecule has 7 heteroatoms. The van der Waals surface area contributed by atoms with E-state index in [0.717, 1.165) is 18.2 Å². The van der Waals surface area contributed by atoms with Crippen LogP contribution in [0.15, 0.2) is 18.2 Å². The fraction of sp³-hybridized carbons (Fsp3) is 0.250. The van der Waals surface area contributed by atoms with E-state index in [-0.39, 0.29) is 12.1 Å². The van der Waals surface area contributed by atoms with Gasteiger partial charge in [-0.2, -0.15) is 5.10 Å². The van der Waals surface area contributed by atoms with Crippen LogP contribution in [0.3, 0.4) is 0 Å². The van der Waals surface area contributed by atoms with Crippen molar-refractivity contribution in [2.75, 3.05) is 7.05 Å². The summed E-state index contributed by atoms with van der Waals surface area (Å²) in [6.07, 6.45) is 0. The Kier molecular flexibility index (Phi) is 3.55. The molecule has 0 unspecified atom stereocenters. The molecule has 1 heterocycles. The van der Waals surface area contributed by atoms with E-state index in [4.69, 9.17) is 0 Å². The number of benzene rings is 1. The van der Waals surface area contributed by atoms with Crippen molar-refractivity contribution in [3.05, 3.63) is 47.0 Å². The molecule has 0 atom stereocenters. The average Bonchev–Trinajstić information content (AvgIpc) is 2.77. The maximum absolute atomic E-state index is 13.5. The summed E-state index contributed by atoms with van der Waals surface area (Å²) in [5, 5.41) is 6.51. The first-order valence-corrected chi connectivity index (χ1v) is 5.56. The molecule has 5 nitrogen and oxygen atoms in total. The summed E-state index contributed by atoms with van der Waals surface area (Å²) in [7, 11) is 1.47. The number of H-pyrrole nitrogens is 1. The van der Waals surface area contributed by atoms with Crippen LogP contribution >= 0.6 is 0 Å². The number of hydrogen-bond acceptors (Lipinski definition) is 3. The van der Waals surface area contributed by atoms with Crippen molar-refractivity contribution >= 4 is 5.91 Å². The van der Waals surface area contributed by atoms with Crippen LogP contribution in [0.25, 0.3) is 0 Å². The van der Waals surface area contributed by atoms with Gasteiger partial charge in [0.1, 0.15) is 17.5 Å². The Bertz CT molecular complexity index is 612. The van der Waals surface area contributed by atoms with Crippen molar-refractivity contribution < 1.29 is 13.6 Å². The highest BCUT2D eigenvalue weighted by molar-refractivity contribution is 5.94. The SMILES string of the molecule is Cc1nc(CN(C)C(=O)c2cc(F)ccc2F)n[nH]1. The van der Waals surface area contributed by atoms with E-state index >= 15 is 0 Å². The van der Waals surface area contributed by atoms with Gasteiger partial charge in [0.15, 0.2) is 5.82 Å². The second-order valence-electron chi connectivity index (χ2n) is 4.12.